The zero-order valence-electron chi connectivity index (χ0n) is 13.1. The number of hydrogen-bond acceptors (Lipinski definition) is 3. The first-order chi connectivity index (χ1) is 9.16. The molecule has 2 aliphatic rings. The maximum atomic E-state index is 5.93. The molecule has 2 aliphatic carbocycles. The molecule has 0 aromatic carbocycles. The van der Waals surface area contributed by atoms with Crippen molar-refractivity contribution in [3.63, 3.8) is 0 Å². The minimum absolute atomic E-state index is 0.432. The Hall–Kier alpha value is 0.270. The molecule has 1 spiro atoms. The Morgan fingerprint density at radius 3 is 2.37 bits per heavy atom. The molecule has 0 bridgehead atoms. The summed E-state index contributed by atoms with van der Waals surface area (Å²) in [6.45, 7) is 8.80. The summed E-state index contributed by atoms with van der Waals surface area (Å²) in [4.78, 5) is 0. The molecule has 112 valence electrons. The number of nitrogens with one attached hydrogen (secondary N) is 1. The lowest BCUT2D eigenvalue weighted by atomic mass is 9.51. The van der Waals surface area contributed by atoms with Crippen molar-refractivity contribution in [3.8, 4) is 0 Å². The fourth-order valence-corrected chi connectivity index (χ4v) is 4.70. The minimum atomic E-state index is 0.432. The number of thioether (sulfide) groups is 1. The van der Waals surface area contributed by atoms with E-state index in [4.69, 9.17) is 4.74 Å². The Morgan fingerprint density at radius 1 is 1.26 bits per heavy atom. The van der Waals surface area contributed by atoms with Crippen LogP contribution in [0.5, 0.6) is 0 Å². The maximum absolute atomic E-state index is 5.93. The van der Waals surface area contributed by atoms with Crippen LogP contribution in [0.25, 0.3) is 0 Å². The Morgan fingerprint density at radius 2 is 1.95 bits per heavy atom. The largest absolute Gasteiger partial charge is 0.378 e. The van der Waals surface area contributed by atoms with Crippen LogP contribution in [0.15, 0.2) is 0 Å². The molecular formula is C16H31NOS. The molecule has 0 aliphatic heterocycles. The van der Waals surface area contributed by atoms with Gasteiger partial charge >= 0.3 is 0 Å². The number of hydrogen-bond donors (Lipinski definition) is 1. The molecule has 2 unspecified atom stereocenters. The van der Waals surface area contributed by atoms with Gasteiger partial charge in [0.1, 0.15) is 0 Å². The first-order valence-electron chi connectivity index (χ1n) is 8.06. The molecule has 0 aromatic rings. The van der Waals surface area contributed by atoms with Gasteiger partial charge in [-0.05, 0) is 45.3 Å². The molecule has 0 radical (unpaired) electrons. The molecule has 2 saturated carbocycles. The molecule has 0 saturated heterocycles. The van der Waals surface area contributed by atoms with E-state index in [0.717, 1.165) is 13.2 Å². The van der Waals surface area contributed by atoms with E-state index in [1.165, 1.54) is 38.5 Å². The molecule has 0 aromatic heterocycles. The smallest absolute Gasteiger partial charge is 0.0661 e. The summed E-state index contributed by atoms with van der Waals surface area (Å²) < 4.78 is 6.36. The lowest BCUT2D eigenvalue weighted by Gasteiger charge is -2.61. The van der Waals surface area contributed by atoms with Crippen LogP contribution in [0.1, 0.15) is 59.3 Å². The van der Waals surface area contributed by atoms with Crippen LogP contribution >= 0.6 is 11.8 Å². The van der Waals surface area contributed by atoms with Gasteiger partial charge in [-0.2, -0.15) is 11.8 Å². The van der Waals surface area contributed by atoms with Crippen LogP contribution in [0.4, 0.5) is 0 Å². The Balaban J connectivity index is 1.87. The van der Waals surface area contributed by atoms with Crippen LogP contribution in [0.2, 0.25) is 0 Å². The van der Waals surface area contributed by atoms with Crippen LogP contribution in [0, 0.1) is 5.41 Å². The zero-order valence-corrected chi connectivity index (χ0v) is 13.9. The highest BCUT2D eigenvalue weighted by Gasteiger charge is 2.58. The fourth-order valence-electron chi connectivity index (χ4n) is 3.89. The lowest BCUT2D eigenvalue weighted by molar-refractivity contribution is -0.172. The van der Waals surface area contributed by atoms with Crippen LogP contribution in [-0.4, -0.2) is 36.3 Å². The summed E-state index contributed by atoms with van der Waals surface area (Å²) in [5, 5.41) is 3.89. The van der Waals surface area contributed by atoms with Gasteiger partial charge in [0, 0.05) is 29.4 Å². The average molecular weight is 285 g/mol. The van der Waals surface area contributed by atoms with Crippen molar-refractivity contribution >= 4 is 11.8 Å². The normalized spacial score (nSPS) is 29.1. The Labute approximate surface area is 123 Å². The van der Waals surface area contributed by atoms with E-state index >= 15 is 0 Å². The predicted octanol–water partition coefficient (Wildman–Crippen LogP) is 3.85. The second-order valence-corrected chi connectivity index (χ2v) is 7.57. The van der Waals surface area contributed by atoms with Crippen molar-refractivity contribution in [2.75, 3.05) is 19.4 Å². The van der Waals surface area contributed by atoms with Gasteiger partial charge in [0.25, 0.3) is 0 Å². The SMILES string of the molecule is CCOC1CC(NCC(CC)(CC)SC)C12CCC2. The van der Waals surface area contributed by atoms with E-state index in [1.54, 1.807) is 0 Å². The molecular weight excluding hydrogens is 254 g/mol. The summed E-state index contributed by atoms with van der Waals surface area (Å²) in [7, 11) is 0. The van der Waals surface area contributed by atoms with Gasteiger partial charge in [0.15, 0.2) is 0 Å². The summed E-state index contributed by atoms with van der Waals surface area (Å²) >= 11 is 2.04. The van der Waals surface area contributed by atoms with Gasteiger partial charge in [-0.25, -0.2) is 0 Å². The fraction of sp³-hybridized carbons (Fsp3) is 1.00. The van der Waals surface area contributed by atoms with Gasteiger partial charge < -0.3 is 10.1 Å². The van der Waals surface area contributed by atoms with E-state index in [-0.39, 0.29) is 0 Å². The standard InChI is InChI=1S/C16H31NOS/c1-5-15(6-2,19-4)12-17-13-11-14(18-7-3)16(13)9-8-10-16/h13-14,17H,5-12H2,1-4H3. The first-order valence-corrected chi connectivity index (χ1v) is 9.29. The second kappa shape index (κ2) is 6.36. The predicted molar refractivity (Wildman–Crippen MR) is 84.9 cm³/mol. The van der Waals surface area contributed by atoms with Crippen molar-refractivity contribution in [1.29, 1.82) is 0 Å². The van der Waals surface area contributed by atoms with Gasteiger partial charge in [0.05, 0.1) is 6.10 Å². The van der Waals surface area contributed by atoms with Gasteiger partial charge in [0.2, 0.25) is 0 Å². The van der Waals surface area contributed by atoms with E-state index in [1.807, 2.05) is 11.8 Å². The quantitative estimate of drug-likeness (QED) is 0.732. The monoisotopic (exact) mass is 285 g/mol. The molecule has 0 amide bonds. The summed E-state index contributed by atoms with van der Waals surface area (Å²) in [5.74, 6) is 0. The molecule has 19 heavy (non-hydrogen) atoms. The third kappa shape index (κ3) is 2.71. The van der Waals surface area contributed by atoms with Crippen LogP contribution in [-0.2, 0) is 4.74 Å². The van der Waals surface area contributed by atoms with Crippen molar-refractivity contribution in [3.05, 3.63) is 0 Å². The molecule has 0 heterocycles. The van der Waals surface area contributed by atoms with Crippen molar-refractivity contribution in [2.24, 2.45) is 5.41 Å². The zero-order chi connectivity index (χ0) is 13.9. The number of ether oxygens (including phenoxy) is 1. The van der Waals surface area contributed by atoms with Crippen molar-refractivity contribution in [2.45, 2.75) is 76.2 Å². The van der Waals surface area contributed by atoms with E-state index in [9.17, 15) is 0 Å². The summed E-state index contributed by atoms with van der Waals surface area (Å²) in [5.41, 5.74) is 0.502. The highest BCUT2D eigenvalue weighted by atomic mass is 32.2. The van der Waals surface area contributed by atoms with Crippen molar-refractivity contribution in [1.82, 2.24) is 5.32 Å². The van der Waals surface area contributed by atoms with E-state index < -0.39 is 0 Å². The molecule has 1 N–H and O–H groups in total. The molecule has 3 heteroatoms. The maximum Gasteiger partial charge on any atom is 0.0661 e. The molecule has 2 nitrogen and oxygen atoms in total. The highest BCUT2D eigenvalue weighted by Crippen LogP contribution is 2.57. The van der Waals surface area contributed by atoms with Gasteiger partial charge in [-0.15, -0.1) is 0 Å². The first kappa shape index (κ1) is 15.7. The molecule has 2 fully saturated rings. The summed E-state index contributed by atoms with van der Waals surface area (Å²) in [6, 6.07) is 0.711. The van der Waals surface area contributed by atoms with Gasteiger partial charge in [-0.1, -0.05) is 20.3 Å². The second-order valence-electron chi connectivity index (χ2n) is 6.29. The van der Waals surface area contributed by atoms with E-state index in [0.29, 0.717) is 22.3 Å². The highest BCUT2D eigenvalue weighted by molar-refractivity contribution is 8.00. The minimum Gasteiger partial charge on any atom is -0.378 e. The number of rotatable bonds is 8. The van der Waals surface area contributed by atoms with E-state index in [2.05, 4.69) is 32.3 Å². The molecule has 2 atom stereocenters. The Kier molecular flexibility index (Phi) is 5.24. The van der Waals surface area contributed by atoms with Gasteiger partial charge in [-0.3, -0.25) is 0 Å². The average Bonchev–Trinajstić information content (AvgIpc) is 2.36. The van der Waals surface area contributed by atoms with Crippen LogP contribution in [0.3, 0.4) is 0 Å². The third-order valence-corrected chi connectivity index (χ3v) is 7.42. The van der Waals surface area contributed by atoms with Crippen LogP contribution < -0.4 is 5.32 Å². The topological polar surface area (TPSA) is 21.3 Å². The lowest BCUT2D eigenvalue weighted by Crippen LogP contribution is -2.67. The third-order valence-electron chi connectivity index (χ3n) is 5.83. The van der Waals surface area contributed by atoms with Crippen molar-refractivity contribution < 1.29 is 4.74 Å². The Bertz CT molecular complexity index is 278. The molecule has 2 rings (SSSR count). The summed E-state index contributed by atoms with van der Waals surface area (Å²) in [6.07, 6.45) is 10.7.